The van der Waals surface area contributed by atoms with Gasteiger partial charge in [-0.2, -0.15) is 11.8 Å². The smallest absolute Gasteiger partial charge is 0.229 e. The quantitative estimate of drug-likeness (QED) is 0.780. The average Bonchev–Trinajstić information content (AvgIpc) is 2.49. The summed E-state index contributed by atoms with van der Waals surface area (Å²) < 4.78 is 0. The van der Waals surface area contributed by atoms with Crippen molar-refractivity contribution in [2.24, 2.45) is 11.3 Å². The maximum atomic E-state index is 12.6. The van der Waals surface area contributed by atoms with Gasteiger partial charge >= 0.3 is 0 Å². The number of likely N-dealkylation sites (tertiary alicyclic amines) is 2. The summed E-state index contributed by atoms with van der Waals surface area (Å²) in [5.41, 5.74) is -0.269. The second-order valence-electron chi connectivity index (χ2n) is 7.35. The van der Waals surface area contributed by atoms with Crippen LogP contribution in [0.25, 0.3) is 0 Å². The molecule has 0 radical (unpaired) electrons. The van der Waals surface area contributed by atoms with E-state index in [1.165, 1.54) is 0 Å². The Morgan fingerprint density at radius 1 is 1.23 bits per heavy atom. The molecule has 0 saturated carbocycles. The number of hydrogen-bond donors (Lipinski definition) is 0. The third-order valence-corrected chi connectivity index (χ3v) is 5.90. The molecule has 0 unspecified atom stereocenters. The van der Waals surface area contributed by atoms with Crippen molar-refractivity contribution >= 4 is 23.6 Å². The minimum atomic E-state index is -0.269. The van der Waals surface area contributed by atoms with Crippen LogP contribution in [-0.4, -0.2) is 59.8 Å². The maximum Gasteiger partial charge on any atom is 0.229 e. The zero-order chi connectivity index (χ0) is 16.2. The Balaban J connectivity index is 1.80. The summed E-state index contributed by atoms with van der Waals surface area (Å²) in [6.07, 6.45) is 7.03. The predicted octanol–water partition coefficient (Wildman–Crippen LogP) is 2.63. The molecule has 0 aromatic rings. The van der Waals surface area contributed by atoms with Crippen molar-refractivity contribution in [2.75, 3.05) is 38.2 Å². The van der Waals surface area contributed by atoms with Crippen molar-refractivity contribution in [1.82, 2.24) is 9.80 Å². The Morgan fingerprint density at radius 3 is 2.50 bits per heavy atom. The van der Waals surface area contributed by atoms with Gasteiger partial charge in [-0.3, -0.25) is 9.59 Å². The molecule has 0 spiro atoms. The molecule has 0 aromatic carbocycles. The number of carbonyl (C=O) groups excluding carboxylic acids is 2. The molecule has 2 aliphatic heterocycles. The fourth-order valence-corrected chi connectivity index (χ4v) is 4.38. The molecular weight excluding hydrogens is 296 g/mol. The van der Waals surface area contributed by atoms with Crippen molar-refractivity contribution in [1.29, 1.82) is 0 Å². The second kappa shape index (κ2) is 7.71. The average molecular weight is 327 g/mol. The number of hydrogen-bond acceptors (Lipinski definition) is 3. The van der Waals surface area contributed by atoms with E-state index >= 15 is 0 Å². The Labute approximate surface area is 139 Å². The highest BCUT2D eigenvalue weighted by molar-refractivity contribution is 7.98. The molecule has 0 aromatic heterocycles. The topological polar surface area (TPSA) is 40.6 Å². The summed E-state index contributed by atoms with van der Waals surface area (Å²) in [6.45, 7) is 7.62. The third-order valence-electron chi connectivity index (χ3n) is 4.89. The van der Waals surface area contributed by atoms with Gasteiger partial charge in [-0.15, -0.1) is 0 Å². The van der Waals surface area contributed by atoms with E-state index in [9.17, 15) is 9.59 Å². The molecule has 0 N–H and O–H groups in total. The fraction of sp³-hybridized carbons (Fsp3) is 0.882. The van der Waals surface area contributed by atoms with Gasteiger partial charge in [0.1, 0.15) is 0 Å². The van der Waals surface area contributed by atoms with Crippen LogP contribution in [0.5, 0.6) is 0 Å². The third kappa shape index (κ3) is 4.40. The monoisotopic (exact) mass is 326 g/mol. The van der Waals surface area contributed by atoms with Gasteiger partial charge in [0, 0.05) is 38.4 Å². The van der Waals surface area contributed by atoms with Crippen LogP contribution in [0.2, 0.25) is 0 Å². The van der Waals surface area contributed by atoms with Crippen molar-refractivity contribution in [3.8, 4) is 0 Å². The van der Waals surface area contributed by atoms with Gasteiger partial charge in [0.05, 0.1) is 5.41 Å². The first-order valence-electron chi connectivity index (χ1n) is 8.50. The van der Waals surface area contributed by atoms with Gasteiger partial charge in [0.15, 0.2) is 0 Å². The fourth-order valence-electron chi connectivity index (χ4n) is 3.54. The molecule has 2 saturated heterocycles. The Morgan fingerprint density at radius 2 is 1.91 bits per heavy atom. The minimum Gasteiger partial charge on any atom is -0.342 e. The van der Waals surface area contributed by atoms with Crippen LogP contribution in [0.1, 0.15) is 46.0 Å². The first kappa shape index (κ1) is 17.6. The lowest BCUT2D eigenvalue weighted by Gasteiger charge is -2.38. The molecule has 2 rings (SSSR count). The number of piperidine rings is 2. The summed E-state index contributed by atoms with van der Waals surface area (Å²) in [6, 6.07) is 0. The summed E-state index contributed by atoms with van der Waals surface area (Å²) in [7, 11) is 0. The molecule has 0 bridgehead atoms. The molecule has 22 heavy (non-hydrogen) atoms. The summed E-state index contributed by atoms with van der Waals surface area (Å²) in [5.74, 6) is 2.04. The second-order valence-corrected chi connectivity index (χ2v) is 8.22. The van der Waals surface area contributed by atoms with Gasteiger partial charge in [-0.05, 0) is 37.9 Å². The van der Waals surface area contributed by atoms with Crippen LogP contribution in [0, 0.1) is 11.3 Å². The van der Waals surface area contributed by atoms with Crippen LogP contribution < -0.4 is 0 Å². The van der Waals surface area contributed by atoms with E-state index in [0.717, 1.165) is 64.0 Å². The van der Waals surface area contributed by atoms with Gasteiger partial charge in [0.2, 0.25) is 11.8 Å². The lowest BCUT2D eigenvalue weighted by atomic mass is 9.90. The first-order valence-corrected chi connectivity index (χ1v) is 9.89. The van der Waals surface area contributed by atoms with E-state index in [-0.39, 0.29) is 11.3 Å². The van der Waals surface area contributed by atoms with Gasteiger partial charge < -0.3 is 9.80 Å². The summed E-state index contributed by atoms with van der Waals surface area (Å²) in [4.78, 5) is 28.6. The van der Waals surface area contributed by atoms with E-state index in [1.807, 2.05) is 23.6 Å². The van der Waals surface area contributed by atoms with E-state index in [4.69, 9.17) is 0 Å². The zero-order valence-electron chi connectivity index (χ0n) is 14.3. The van der Waals surface area contributed by atoms with E-state index in [1.54, 1.807) is 11.8 Å². The molecule has 0 aliphatic carbocycles. The van der Waals surface area contributed by atoms with Crippen LogP contribution in [0.15, 0.2) is 0 Å². The maximum absolute atomic E-state index is 12.6. The normalized spacial score (nSPS) is 21.3. The minimum absolute atomic E-state index is 0.269. The molecule has 126 valence electrons. The number of thioether (sulfide) groups is 1. The lowest BCUT2D eigenvalue weighted by Crippen LogP contribution is -2.48. The van der Waals surface area contributed by atoms with Crippen LogP contribution in [0.4, 0.5) is 0 Å². The number of nitrogens with zero attached hydrogens (tertiary/aromatic N) is 2. The van der Waals surface area contributed by atoms with Gasteiger partial charge in [-0.1, -0.05) is 13.8 Å². The molecule has 2 amide bonds. The summed E-state index contributed by atoms with van der Waals surface area (Å²) >= 11 is 1.73. The number of amides is 2. The Kier molecular flexibility index (Phi) is 6.18. The molecule has 2 aliphatic rings. The van der Waals surface area contributed by atoms with E-state index in [2.05, 4.69) is 6.26 Å². The van der Waals surface area contributed by atoms with Crippen molar-refractivity contribution < 1.29 is 9.59 Å². The van der Waals surface area contributed by atoms with Crippen molar-refractivity contribution in [3.05, 3.63) is 0 Å². The molecule has 2 heterocycles. The van der Waals surface area contributed by atoms with Crippen molar-refractivity contribution in [3.63, 3.8) is 0 Å². The van der Waals surface area contributed by atoms with Gasteiger partial charge in [0.25, 0.3) is 0 Å². The van der Waals surface area contributed by atoms with Crippen LogP contribution in [0.3, 0.4) is 0 Å². The van der Waals surface area contributed by atoms with Crippen LogP contribution >= 0.6 is 11.8 Å². The standard InChI is InChI=1S/C17H30N2O2S/c1-17(2,13-22-3)16(21)18-10-7-14(8-11-18)12-19-9-5-4-6-15(19)20/h14H,4-13H2,1-3H3. The lowest BCUT2D eigenvalue weighted by molar-refractivity contribution is -0.141. The van der Waals surface area contributed by atoms with E-state index in [0.29, 0.717) is 11.8 Å². The molecular formula is C17H30N2O2S. The van der Waals surface area contributed by atoms with Gasteiger partial charge in [-0.25, -0.2) is 0 Å². The highest BCUT2D eigenvalue weighted by atomic mass is 32.2. The first-order chi connectivity index (χ1) is 10.4. The van der Waals surface area contributed by atoms with E-state index < -0.39 is 0 Å². The molecule has 0 atom stereocenters. The highest BCUT2D eigenvalue weighted by Gasteiger charge is 2.34. The Bertz CT molecular complexity index is 403. The zero-order valence-corrected chi connectivity index (χ0v) is 15.1. The highest BCUT2D eigenvalue weighted by Crippen LogP contribution is 2.27. The molecule has 4 nitrogen and oxygen atoms in total. The number of carbonyl (C=O) groups is 2. The Hall–Kier alpha value is -0.710. The molecule has 2 fully saturated rings. The predicted molar refractivity (Wildman–Crippen MR) is 91.9 cm³/mol. The van der Waals surface area contributed by atoms with Crippen molar-refractivity contribution in [2.45, 2.75) is 46.0 Å². The summed E-state index contributed by atoms with van der Waals surface area (Å²) in [5, 5.41) is 0. The number of rotatable bonds is 5. The molecule has 5 heteroatoms. The van der Waals surface area contributed by atoms with Crippen LogP contribution in [-0.2, 0) is 9.59 Å². The largest absolute Gasteiger partial charge is 0.342 e. The SMILES string of the molecule is CSCC(C)(C)C(=O)N1CCC(CN2CCCCC2=O)CC1.